The molecule has 4 aromatic rings. The van der Waals surface area contributed by atoms with Crippen LogP contribution in [-0.4, -0.2) is 27.6 Å². The fourth-order valence-electron chi connectivity index (χ4n) is 4.20. The second-order valence-corrected chi connectivity index (χ2v) is 8.69. The molecule has 0 spiro atoms. The predicted molar refractivity (Wildman–Crippen MR) is 132 cm³/mol. The molecule has 2 heterocycles. The highest BCUT2D eigenvalue weighted by atomic mass is 35.5. The molecule has 2 amide bonds. The fourth-order valence-corrected chi connectivity index (χ4v) is 4.39. The van der Waals surface area contributed by atoms with E-state index in [4.69, 9.17) is 16.1 Å². The van der Waals surface area contributed by atoms with Gasteiger partial charge in [-0.2, -0.15) is 4.98 Å². The van der Waals surface area contributed by atoms with E-state index in [0.717, 1.165) is 5.56 Å². The smallest absolute Gasteiger partial charge is 0.322 e. The average Bonchev–Trinajstić information content (AvgIpc) is 3.34. The van der Waals surface area contributed by atoms with Crippen LogP contribution in [0.25, 0.3) is 17.0 Å². The van der Waals surface area contributed by atoms with Gasteiger partial charge in [-0.25, -0.2) is 9.18 Å². The number of amides is 2. The molecule has 8 heteroatoms. The van der Waals surface area contributed by atoms with Gasteiger partial charge in [0.1, 0.15) is 5.82 Å². The third kappa shape index (κ3) is 4.81. The van der Waals surface area contributed by atoms with Crippen molar-refractivity contribution in [3.8, 4) is 11.4 Å². The van der Waals surface area contributed by atoms with Crippen LogP contribution in [0, 0.1) is 5.82 Å². The number of carbonyl (C=O) groups excluding carboxylic acids is 1. The third-order valence-electron chi connectivity index (χ3n) is 6.01. The molecule has 1 atom stereocenters. The maximum atomic E-state index is 13.6. The van der Waals surface area contributed by atoms with Gasteiger partial charge in [0.25, 0.3) is 5.89 Å². The van der Waals surface area contributed by atoms with Crippen LogP contribution in [-0.2, 0) is 6.42 Å². The maximum Gasteiger partial charge on any atom is 0.322 e. The van der Waals surface area contributed by atoms with Crippen molar-refractivity contribution in [3.63, 3.8) is 0 Å². The first-order valence-corrected chi connectivity index (χ1v) is 11.6. The van der Waals surface area contributed by atoms with Crippen LogP contribution < -0.4 is 5.32 Å². The number of hydrogen-bond donors (Lipinski definition) is 1. The Morgan fingerprint density at radius 2 is 1.83 bits per heavy atom. The first kappa shape index (κ1) is 22.8. The molecule has 0 aliphatic carbocycles. The zero-order chi connectivity index (χ0) is 24.4. The Hall–Kier alpha value is -3.97. The normalized spacial score (nSPS) is 15.9. The van der Waals surface area contributed by atoms with Crippen LogP contribution in [0.2, 0.25) is 5.02 Å². The molecule has 1 aliphatic rings. The Bertz CT molecular complexity index is 1390. The van der Waals surface area contributed by atoms with Gasteiger partial charge in [-0.05, 0) is 48.7 Å². The predicted octanol–water partition coefficient (Wildman–Crippen LogP) is 6.27. The van der Waals surface area contributed by atoms with Crippen molar-refractivity contribution < 1.29 is 13.7 Å². The summed E-state index contributed by atoms with van der Waals surface area (Å²) in [5.74, 6) is 0.300. The number of benzene rings is 3. The van der Waals surface area contributed by atoms with Crippen molar-refractivity contribution in [2.75, 3.05) is 6.54 Å². The lowest BCUT2D eigenvalue weighted by atomic mass is 9.94. The van der Waals surface area contributed by atoms with Gasteiger partial charge in [-0.1, -0.05) is 71.4 Å². The van der Waals surface area contributed by atoms with Crippen LogP contribution in [0.5, 0.6) is 0 Å². The number of aromatic nitrogens is 2. The van der Waals surface area contributed by atoms with E-state index in [9.17, 15) is 9.18 Å². The van der Waals surface area contributed by atoms with E-state index < -0.39 is 6.04 Å². The highest BCUT2D eigenvalue weighted by Gasteiger charge is 2.35. The Balaban J connectivity index is 1.55. The number of rotatable bonds is 6. The van der Waals surface area contributed by atoms with E-state index in [0.29, 0.717) is 46.2 Å². The number of halogens is 2. The van der Waals surface area contributed by atoms with Gasteiger partial charge < -0.3 is 9.84 Å². The first-order chi connectivity index (χ1) is 17.0. The van der Waals surface area contributed by atoms with Crippen molar-refractivity contribution in [2.45, 2.75) is 19.4 Å². The minimum Gasteiger partial charge on any atom is -0.334 e. The van der Waals surface area contributed by atoms with E-state index in [1.807, 2.05) is 49.4 Å². The van der Waals surface area contributed by atoms with Crippen molar-refractivity contribution in [1.82, 2.24) is 20.4 Å². The third-order valence-corrected chi connectivity index (χ3v) is 6.24. The molecule has 0 radical (unpaired) electrons. The van der Waals surface area contributed by atoms with E-state index in [-0.39, 0.29) is 17.7 Å². The zero-order valence-corrected chi connectivity index (χ0v) is 19.7. The molecule has 0 fully saturated rings. The molecule has 6 nitrogen and oxygen atoms in total. The quantitative estimate of drug-likeness (QED) is 0.347. The second-order valence-electron chi connectivity index (χ2n) is 8.25. The van der Waals surface area contributed by atoms with Crippen molar-refractivity contribution in [3.05, 3.63) is 112 Å². The molecule has 0 saturated carbocycles. The van der Waals surface area contributed by atoms with Crippen LogP contribution in [0.3, 0.4) is 0 Å². The van der Waals surface area contributed by atoms with Crippen molar-refractivity contribution in [1.29, 1.82) is 0 Å². The zero-order valence-electron chi connectivity index (χ0n) is 18.9. The topological polar surface area (TPSA) is 71.3 Å². The molecule has 176 valence electrons. The highest BCUT2D eigenvalue weighted by Crippen LogP contribution is 2.37. The summed E-state index contributed by atoms with van der Waals surface area (Å²) < 4.78 is 19.3. The van der Waals surface area contributed by atoms with Crippen LogP contribution in [0.15, 0.2) is 89.1 Å². The van der Waals surface area contributed by atoms with Crippen molar-refractivity contribution in [2.24, 2.45) is 0 Å². The summed E-state index contributed by atoms with van der Waals surface area (Å²) in [4.78, 5) is 19.4. The van der Waals surface area contributed by atoms with Crippen molar-refractivity contribution >= 4 is 23.2 Å². The van der Waals surface area contributed by atoms with Gasteiger partial charge in [0.2, 0.25) is 5.82 Å². The molecule has 0 saturated heterocycles. The monoisotopic (exact) mass is 488 g/mol. The average molecular weight is 489 g/mol. The summed E-state index contributed by atoms with van der Waals surface area (Å²) in [6.07, 6.45) is 0.678. The summed E-state index contributed by atoms with van der Waals surface area (Å²) in [5.41, 5.74) is 3.89. The number of carbonyl (C=O) groups is 1. The molecule has 3 aromatic carbocycles. The van der Waals surface area contributed by atoms with E-state index in [1.54, 1.807) is 29.2 Å². The number of allylic oxidation sites excluding steroid dienone is 1. The molecule has 1 aromatic heterocycles. The van der Waals surface area contributed by atoms with Gasteiger partial charge in [-0.15, -0.1) is 0 Å². The number of nitrogens with one attached hydrogen (secondary N) is 1. The molecule has 5 rings (SSSR count). The number of hydrogen-bond acceptors (Lipinski definition) is 4. The molecule has 35 heavy (non-hydrogen) atoms. The summed E-state index contributed by atoms with van der Waals surface area (Å²) in [7, 11) is 0. The molecule has 1 N–H and O–H groups in total. The largest absolute Gasteiger partial charge is 0.334 e. The van der Waals surface area contributed by atoms with Gasteiger partial charge >= 0.3 is 6.03 Å². The van der Waals surface area contributed by atoms with E-state index in [1.165, 1.54) is 12.1 Å². The van der Waals surface area contributed by atoms with Gasteiger partial charge in [0.15, 0.2) is 0 Å². The second kappa shape index (κ2) is 9.72. The highest BCUT2D eigenvalue weighted by molar-refractivity contribution is 6.30. The molecular weight excluding hydrogens is 467 g/mol. The molecule has 1 unspecified atom stereocenters. The summed E-state index contributed by atoms with van der Waals surface area (Å²) >= 11 is 6.13. The molecular formula is C27H22ClFN4O2. The summed E-state index contributed by atoms with van der Waals surface area (Å²) in [5, 5.41) is 7.74. The SMILES string of the molecule is CC1=C(c2nc(-c3cccc(Cl)c3)no2)C(c2ccc(F)cc2)NC(=O)N1CCc1ccccc1. The van der Waals surface area contributed by atoms with Crippen LogP contribution in [0.1, 0.15) is 30.0 Å². The van der Waals surface area contributed by atoms with Gasteiger partial charge in [0, 0.05) is 22.8 Å². The number of nitrogens with zero attached hydrogens (tertiary/aromatic N) is 3. The lowest BCUT2D eigenvalue weighted by Crippen LogP contribution is -2.46. The van der Waals surface area contributed by atoms with Gasteiger partial charge in [-0.3, -0.25) is 4.90 Å². The van der Waals surface area contributed by atoms with Crippen LogP contribution >= 0.6 is 11.6 Å². The Kier molecular flexibility index (Phi) is 6.33. The first-order valence-electron chi connectivity index (χ1n) is 11.2. The Morgan fingerprint density at radius 1 is 1.06 bits per heavy atom. The minimum atomic E-state index is -0.580. The summed E-state index contributed by atoms with van der Waals surface area (Å²) in [6.45, 7) is 2.33. The standard InChI is InChI=1S/C27H22ClFN4O2/c1-17-23(26-31-25(32-35-26)20-8-5-9-21(28)16-20)24(19-10-12-22(29)13-11-19)30-27(34)33(17)15-14-18-6-3-2-4-7-18/h2-13,16,24H,14-15H2,1H3,(H,30,34). The van der Waals surface area contributed by atoms with Crippen LogP contribution in [0.4, 0.5) is 9.18 Å². The lowest BCUT2D eigenvalue weighted by molar-refractivity contribution is 0.205. The lowest BCUT2D eigenvalue weighted by Gasteiger charge is -2.35. The molecule has 0 bridgehead atoms. The summed E-state index contributed by atoms with van der Waals surface area (Å²) in [6, 6.07) is 22.3. The molecule has 1 aliphatic heterocycles. The number of urea groups is 1. The van der Waals surface area contributed by atoms with Gasteiger partial charge in [0.05, 0.1) is 11.6 Å². The fraction of sp³-hybridized carbons (Fsp3) is 0.148. The minimum absolute atomic E-state index is 0.244. The Morgan fingerprint density at radius 3 is 2.57 bits per heavy atom. The van der Waals surface area contributed by atoms with E-state index in [2.05, 4.69) is 15.5 Å². The van der Waals surface area contributed by atoms with E-state index >= 15 is 0 Å². The Labute approximate surface area is 207 Å². The maximum absolute atomic E-state index is 13.6.